The van der Waals surface area contributed by atoms with Crippen molar-refractivity contribution in [1.82, 2.24) is 5.43 Å². The van der Waals surface area contributed by atoms with E-state index in [4.69, 9.17) is 30.5 Å². The van der Waals surface area contributed by atoms with E-state index >= 15 is 0 Å². The van der Waals surface area contributed by atoms with Crippen molar-refractivity contribution in [3.8, 4) is 23.0 Å². The smallest absolute Gasteiger partial charge is 0.275 e. The molecule has 0 spiro atoms. The fourth-order valence-electron chi connectivity index (χ4n) is 2.95. The molecule has 33 heavy (non-hydrogen) atoms. The van der Waals surface area contributed by atoms with Gasteiger partial charge in [-0.15, -0.1) is 0 Å². The maximum Gasteiger partial charge on any atom is 0.275 e. The number of rotatable bonds is 10. The minimum atomic E-state index is -0.404. The largest absolute Gasteiger partial charge is 0.497 e. The molecule has 0 radical (unpaired) electrons. The number of ether oxygens (including phenoxy) is 4. The van der Waals surface area contributed by atoms with Crippen LogP contribution in [-0.4, -0.2) is 32.9 Å². The van der Waals surface area contributed by atoms with Crippen LogP contribution in [-0.2, 0) is 6.61 Å². The minimum absolute atomic E-state index is 0.344. The predicted octanol–water partition coefficient (Wildman–Crippen LogP) is 5.10. The zero-order valence-electron chi connectivity index (χ0n) is 18.6. The zero-order valence-corrected chi connectivity index (χ0v) is 19.4. The van der Waals surface area contributed by atoms with E-state index in [1.165, 1.54) is 13.3 Å². The summed E-state index contributed by atoms with van der Waals surface area (Å²) in [7, 11) is 3.03. The van der Waals surface area contributed by atoms with Crippen LogP contribution in [0.5, 0.6) is 23.0 Å². The van der Waals surface area contributed by atoms with Gasteiger partial charge in [0.1, 0.15) is 18.1 Å². The fraction of sp³-hybridized carbons (Fsp3) is 0.200. The third-order valence-electron chi connectivity index (χ3n) is 4.61. The molecule has 0 heterocycles. The Balaban J connectivity index is 1.67. The summed E-state index contributed by atoms with van der Waals surface area (Å²) in [4.78, 5) is 12.5. The second-order valence-electron chi connectivity index (χ2n) is 6.82. The highest BCUT2D eigenvalue weighted by molar-refractivity contribution is 6.30. The Bertz CT molecular complexity index is 1120. The van der Waals surface area contributed by atoms with Crippen molar-refractivity contribution in [2.75, 3.05) is 20.8 Å². The normalized spacial score (nSPS) is 10.7. The molecule has 0 saturated heterocycles. The maximum atomic E-state index is 12.5. The number of hydrazone groups is 1. The molecule has 3 aromatic carbocycles. The number of benzene rings is 3. The van der Waals surface area contributed by atoms with Crippen LogP contribution in [0.1, 0.15) is 28.4 Å². The van der Waals surface area contributed by atoms with Crippen LogP contribution in [0.25, 0.3) is 0 Å². The molecule has 7 nitrogen and oxygen atoms in total. The van der Waals surface area contributed by atoms with Gasteiger partial charge in [0.2, 0.25) is 0 Å². The molecule has 0 aromatic heterocycles. The molecular weight excluding hydrogens is 444 g/mol. The lowest BCUT2D eigenvalue weighted by atomic mass is 10.2. The summed E-state index contributed by atoms with van der Waals surface area (Å²) in [6, 6.07) is 17.8. The number of methoxy groups -OCH3 is 2. The first kappa shape index (κ1) is 23.9. The van der Waals surface area contributed by atoms with Gasteiger partial charge in [-0.3, -0.25) is 4.79 Å². The number of carbonyl (C=O) groups excluding carboxylic acids is 1. The molecule has 0 atom stereocenters. The van der Waals surface area contributed by atoms with Crippen molar-refractivity contribution >= 4 is 23.7 Å². The molecule has 8 heteroatoms. The van der Waals surface area contributed by atoms with Crippen LogP contribution in [0.15, 0.2) is 65.8 Å². The van der Waals surface area contributed by atoms with Gasteiger partial charge in [-0.2, -0.15) is 5.10 Å². The van der Waals surface area contributed by atoms with E-state index in [9.17, 15) is 4.79 Å². The molecule has 0 bridgehead atoms. The summed E-state index contributed by atoms with van der Waals surface area (Å²) in [6.07, 6.45) is 1.53. The lowest BCUT2D eigenvalue weighted by Crippen LogP contribution is -2.18. The van der Waals surface area contributed by atoms with E-state index in [0.717, 1.165) is 11.1 Å². The number of hydrogen-bond donors (Lipinski definition) is 1. The highest BCUT2D eigenvalue weighted by Crippen LogP contribution is 2.29. The molecule has 0 fully saturated rings. The van der Waals surface area contributed by atoms with Crippen molar-refractivity contribution in [3.63, 3.8) is 0 Å². The van der Waals surface area contributed by atoms with E-state index in [-0.39, 0.29) is 0 Å². The first-order chi connectivity index (χ1) is 16.0. The first-order valence-corrected chi connectivity index (χ1v) is 10.6. The van der Waals surface area contributed by atoms with Gasteiger partial charge in [0.25, 0.3) is 5.91 Å². The van der Waals surface area contributed by atoms with Crippen LogP contribution >= 0.6 is 11.6 Å². The highest BCUT2D eigenvalue weighted by Gasteiger charge is 2.13. The standard InChI is InChI=1S/C25H25ClN2O5/c1-4-32-24-13-18(7-12-22(24)33-16-17-5-8-19(26)9-6-17)15-27-28-25(29)21-11-10-20(30-2)14-23(21)31-3/h5-15H,4,16H2,1-3H3,(H,28,29). The van der Waals surface area contributed by atoms with Crippen molar-refractivity contribution < 1.29 is 23.7 Å². The quantitative estimate of drug-likeness (QED) is 0.331. The number of amides is 1. The average Bonchev–Trinajstić information content (AvgIpc) is 2.84. The van der Waals surface area contributed by atoms with Gasteiger partial charge in [-0.1, -0.05) is 23.7 Å². The molecule has 0 unspecified atom stereocenters. The third-order valence-corrected chi connectivity index (χ3v) is 4.86. The Kier molecular flexibility index (Phi) is 8.55. The number of nitrogens with zero attached hydrogens (tertiary/aromatic N) is 1. The minimum Gasteiger partial charge on any atom is -0.497 e. The van der Waals surface area contributed by atoms with Gasteiger partial charge in [0, 0.05) is 11.1 Å². The molecule has 0 saturated carbocycles. The Hall–Kier alpha value is -3.71. The van der Waals surface area contributed by atoms with Crippen LogP contribution in [0.3, 0.4) is 0 Å². The lowest BCUT2D eigenvalue weighted by Gasteiger charge is -2.13. The van der Waals surface area contributed by atoms with Gasteiger partial charge in [0.05, 0.1) is 32.6 Å². The van der Waals surface area contributed by atoms with E-state index in [1.807, 2.05) is 37.3 Å². The second kappa shape index (κ2) is 11.8. The molecule has 3 rings (SSSR count). The van der Waals surface area contributed by atoms with Gasteiger partial charge < -0.3 is 18.9 Å². The van der Waals surface area contributed by atoms with Crippen molar-refractivity contribution in [1.29, 1.82) is 0 Å². The summed E-state index contributed by atoms with van der Waals surface area (Å²) in [6.45, 7) is 2.75. The number of carbonyl (C=O) groups is 1. The Morgan fingerprint density at radius 2 is 1.73 bits per heavy atom. The Morgan fingerprint density at radius 3 is 2.42 bits per heavy atom. The first-order valence-electron chi connectivity index (χ1n) is 10.2. The Labute approximate surface area is 197 Å². The summed E-state index contributed by atoms with van der Waals surface area (Å²) in [5.74, 6) is 1.77. The molecule has 0 aliphatic carbocycles. The Morgan fingerprint density at radius 1 is 0.939 bits per heavy atom. The van der Waals surface area contributed by atoms with Gasteiger partial charge in [0.15, 0.2) is 11.5 Å². The maximum absolute atomic E-state index is 12.5. The third kappa shape index (κ3) is 6.63. The summed E-state index contributed by atoms with van der Waals surface area (Å²) in [5.41, 5.74) is 4.57. The van der Waals surface area contributed by atoms with Gasteiger partial charge >= 0.3 is 0 Å². The van der Waals surface area contributed by atoms with Crippen LogP contribution in [0, 0.1) is 0 Å². The SMILES string of the molecule is CCOc1cc(C=NNC(=O)c2ccc(OC)cc2OC)ccc1OCc1ccc(Cl)cc1. The monoisotopic (exact) mass is 468 g/mol. The number of hydrogen-bond acceptors (Lipinski definition) is 6. The van der Waals surface area contributed by atoms with Crippen molar-refractivity contribution in [3.05, 3.63) is 82.4 Å². The molecule has 1 N–H and O–H groups in total. The van der Waals surface area contributed by atoms with Crippen LogP contribution < -0.4 is 24.4 Å². The summed E-state index contributed by atoms with van der Waals surface area (Å²) >= 11 is 5.93. The molecular formula is C25H25ClN2O5. The van der Waals surface area contributed by atoms with Crippen LogP contribution in [0.2, 0.25) is 5.02 Å². The lowest BCUT2D eigenvalue weighted by molar-refractivity contribution is 0.0952. The number of halogens is 1. The predicted molar refractivity (Wildman–Crippen MR) is 128 cm³/mol. The van der Waals surface area contributed by atoms with Crippen LogP contribution in [0.4, 0.5) is 0 Å². The van der Waals surface area contributed by atoms with E-state index in [0.29, 0.717) is 46.8 Å². The van der Waals surface area contributed by atoms with Crippen molar-refractivity contribution in [2.45, 2.75) is 13.5 Å². The zero-order chi connectivity index (χ0) is 23.6. The molecule has 0 aliphatic rings. The van der Waals surface area contributed by atoms with E-state index in [1.54, 1.807) is 37.4 Å². The summed E-state index contributed by atoms with van der Waals surface area (Å²) < 4.78 is 22.0. The number of nitrogens with one attached hydrogen (secondary N) is 1. The molecule has 172 valence electrons. The average molecular weight is 469 g/mol. The van der Waals surface area contributed by atoms with E-state index < -0.39 is 5.91 Å². The summed E-state index contributed by atoms with van der Waals surface area (Å²) in [5, 5.41) is 4.72. The van der Waals surface area contributed by atoms with Crippen molar-refractivity contribution in [2.24, 2.45) is 5.10 Å². The second-order valence-corrected chi connectivity index (χ2v) is 7.26. The van der Waals surface area contributed by atoms with Gasteiger partial charge in [-0.05, 0) is 60.5 Å². The molecule has 0 aliphatic heterocycles. The van der Waals surface area contributed by atoms with E-state index in [2.05, 4.69) is 10.5 Å². The fourth-order valence-corrected chi connectivity index (χ4v) is 3.07. The molecule has 1 amide bonds. The molecule has 3 aromatic rings. The highest BCUT2D eigenvalue weighted by atomic mass is 35.5. The topological polar surface area (TPSA) is 78.4 Å². The van der Waals surface area contributed by atoms with Gasteiger partial charge in [-0.25, -0.2) is 5.43 Å².